The van der Waals surface area contributed by atoms with Crippen molar-refractivity contribution in [2.24, 2.45) is 5.92 Å². The Bertz CT molecular complexity index is 719. The molecule has 4 rings (SSSR count). The summed E-state index contributed by atoms with van der Waals surface area (Å²) < 4.78 is 5.34. The summed E-state index contributed by atoms with van der Waals surface area (Å²) in [6, 6.07) is 5.90. The molecule has 1 saturated carbocycles. The van der Waals surface area contributed by atoms with Crippen molar-refractivity contribution in [1.82, 2.24) is 10.2 Å². The molecule has 2 aliphatic carbocycles. The third kappa shape index (κ3) is 4.26. The highest BCUT2D eigenvalue weighted by Gasteiger charge is 2.36. The Hall–Kier alpha value is -1.69. The van der Waals surface area contributed by atoms with Crippen molar-refractivity contribution in [2.45, 2.75) is 50.5 Å². The van der Waals surface area contributed by atoms with Gasteiger partial charge in [0, 0.05) is 18.7 Å². The highest BCUT2D eigenvalue weighted by atomic mass is 32.2. The summed E-state index contributed by atoms with van der Waals surface area (Å²) in [7, 11) is 1.69. The predicted molar refractivity (Wildman–Crippen MR) is 107 cm³/mol. The summed E-state index contributed by atoms with van der Waals surface area (Å²) in [5.41, 5.74) is 2.57. The largest absolute Gasteiger partial charge is 0.497 e. The molecule has 1 aromatic carbocycles. The third-order valence-corrected chi connectivity index (χ3v) is 6.99. The topological polar surface area (TPSA) is 58.6 Å². The summed E-state index contributed by atoms with van der Waals surface area (Å²) in [5.74, 6) is 3.25. The van der Waals surface area contributed by atoms with Crippen LogP contribution in [0.25, 0.3) is 0 Å². The van der Waals surface area contributed by atoms with Crippen LogP contribution in [-0.4, -0.2) is 48.0 Å². The van der Waals surface area contributed by atoms with Crippen molar-refractivity contribution >= 4 is 23.6 Å². The van der Waals surface area contributed by atoms with E-state index in [1.807, 2.05) is 6.07 Å². The molecule has 0 unspecified atom stereocenters. The third-order valence-electron chi connectivity index (χ3n) is 5.98. The summed E-state index contributed by atoms with van der Waals surface area (Å²) >= 11 is 1.68. The molecule has 1 heterocycles. The molecule has 1 saturated heterocycles. The number of carbonyl (C=O) groups excluding carboxylic acids is 2. The summed E-state index contributed by atoms with van der Waals surface area (Å²) in [6.45, 7) is 0.764. The molecule has 3 aliphatic rings. The van der Waals surface area contributed by atoms with Crippen LogP contribution in [0.2, 0.25) is 0 Å². The molecule has 1 aliphatic heterocycles. The molecular weight excluding hydrogens is 360 g/mol. The van der Waals surface area contributed by atoms with Crippen LogP contribution in [0.5, 0.6) is 5.75 Å². The molecule has 6 heteroatoms. The smallest absolute Gasteiger partial charge is 0.243 e. The fraction of sp³-hybridized carbons (Fsp3) is 0.619. The zero-order chi connectivity index (χ0) is 18.8. The number of amides is 2. The van der Waals surface area contributed by atoms with Crippen LogP contribution in [0.4, 0.5) is 0 Å². The normalized spacial score (nSPS) is 24.4. The maximum Gasteiger partial charge on any atom is 0.243 e. The number of nitrogens with zero attached hydrogens (tertiary/aromatic N) is 1. The second-order valence-corrected chi connectivity index (χ2v) is 8.93. The minimum atomic E-state index is -0.305. The molecule has 2 amide bonds. The van der Waals surface area contributed by atoms with Gasteiger partial charge in [-0.3, -0.25) is 9.59 Å². The van der Waals surface area contributed by atoms with E-state index in [9.17, 15) is 9.59 Å². The van der Waals surface area contributed by atoms with Gasteiger partial charge in [-0.1, -0.05) is 6.07 Å². The van der Waals surface area contributed by atoms with Gasteiger partial charge in [0.2, 0.25) is 11.8 Å². The van der Waals surface area contributed by atoms with Crippen LogP contribution >= 0.6 is 11.8 Å². The predicted octanol–water partition coefficient (Wildman–Crippen LogP) is 2.93. The second-order valence-electron chi connectivity index (χ2n) is 7.93. The number of hydrogen-bond acceptors (Lipinski definition) is 4. The van der Waals surface area contributed by atoms with Crippen LogP contribution in [-0.2, 0) is 16.0 Å². The fourth-order valence-corrected chi connectivity index (χ4v) is 5.33. The number of carbonyl (C=O) groups is 2. The molecule has 1 N–H and O–H groups in total. The van der Waals surface area contributed by atoms with E-state index in [1.165, 1.54) is 24.0 Å². The van der Waals surface area contributed by atoms with Gasteiger partial charge >= 0.3 is 0 Å². The molecule has 5 nitrogen and oxygen atoms in total. The summed E-state index contributed by atoms with van der Waals surface area (Å²) in [6.07, 6.45) is 6.10. The van der Waals surface area contributed by atoms with Gasteiger partial charge in [-0.2, -0.15) is 0 Å². The van der Waals surface area contributed by atoms with Gasteiger partial charge in [0.1, 0.15) is 11.8 Å². The zero-order valence-electron chi connectivity index (χ0n) is 15.9. The second kappa shape index (κ2) is 8.13. The Balaban J connectivity index is 1.40. The van der Waals surface area contributed by atoms with Crippen LogP contribution < -0.4 is 10.1 Å². The minimum absolute atomic E-state index is 0.0223. The van der Waals surface area contributed by atoms with Crippen molar-refractivity contribution in [3.05, 3.63) is 29.3 Å². The molecule has 0 radical (unpaired) electrons. The van der Waals surface area contributed by atoms with Crippen LogP contribution in [0.3, 0.4) is 0 Å². The van der Waals surface area contributed by atoms with Gasteiger partial charge in [-0.25, -0.2) is 0 Å². The number of thioether (sulfide) groups is 1. The lowest BCUT2D eigenvalue weighted by Crippen LogP contribution is -2.48. The molecule has 0 aromatic heterocycles. The molecule has 0 bridgehead atoms. The molecular formula is C21H28N2O3S. The standard InChI is InChI=1S/C21H28N2O3S/c1-26-17-7-8-18-15(9-17)3-2-4-16(18)10-20(24)23-13-27-12-19(23)21(25)22-11-14-5-6-14/h7-9,14,16,19H,2-6,10-13H2,1H3,(H,22,25)/t16-,19+/m1/s1. The van der Waals surface area contributed by atoms with E-state index in [2.05, 4.69) is 17.4 Å². The summed E-state index contributed by atoms with van der Waals surface area (Å²) in [5, 5.41) is 3.04. The number of rotatable bonds is 6. The van der Waals surface area contributed by atoms with Crippen LogP contribution in [0, 0.1) is 5.92 Å². The molecule has 146 valence electrons. The Kier molecular flexibility index (Phi) is 5.62. The van der Waals surface area contributed by atoms with Crippen LogP contribution in [0.1, 0.15) is 49.1 Å². The monoisotopic (exact) mass is 388 g/mol. The Morgan fingerprint density at radius 1 is 1.30 bits per heavy atom. The van der Waals surface area contributed by atoms with Crippen molar-refractivity contribution in [3.63, 3.8) is 0 Å². The van der Waals surface area contributed by atoms with E-state index in [4.69, 9.17) is 4.74 Å². The highest BCUT2D eigenvalue weighted by Crippen LogP contribution is 2.37. The van der Waals surface area contributed by atoms with Crippen molar-refractivity contribution < 1.29 is 14.3 Å². The fourth-order valence-electron chi connectivity index (χ4n) is 4.15. The number of benzene rings is 1. The Morgan fingerprint density at radius 2 is 2.15 bits per heavy atom. The molecule has 0 spiro atoms. The quantitative estimate of drug-likeness (QED) is 0.814. The van der Waals surface area contributed by atoms with Crippen molar-refractivity contribution in [1.29, 1.82) is 0 Å². The van der Waals surface area contributed by atoms with E-state index in [0.717, 1.165) is 31.6 Å². The van der Waals surface area contributed by atoms with Gasteiger partial charge < -0.3 is 15.0 Å². The van der Waals surface area contributed by atoms with Crippen LogP contribution in [0.15, 0.2) is 18.2 Å². The number of methoxy groups -OCH3 is 1. The van der Waals surface area contributed by atoms with Crippen molar-refractivity contribution in [3.8, 4) is 5.75 Å². The zero-order valence-corrected chi connectivity index (χ0v) is 16.7. The SMILES string of the molecule is COc1ccc2c(c1)CCC[C@@H]2CC(=O)N1CSC[C@H]1C(=O)NCC1CC1. The molecule has 1 aromatic rings. The van der Waals surface area contributed by atoms with Crippen molar-refractivity contribution in [2.75, 3.05) is 25.3 Å². The maximum atomic E-state index is 13.0. The highest BCUT2D eigenvalue weighted by molar-refractivity contribution is 7.99. The van der Waals surface area contributed by atoms with E-state index < -0.39 is 0 Å². The van der Waals surface area contributed by atoms with E-state index >= 15 is 0 Å². The average Bonchev–Trinajstić information content (AvgIpc) is 3.39. The number of aryl methyl sites for hydroxylation is 1. The average molecular weight is 389 g/mol. The van der Waals surface area contributed by atoms with Gasteiger partial charge in [-0.15, -0.1) is 11.8 Å². The first kappa shape index (κ1) is 18.7. The lowest BCUT2D eigenvalue weighted by Gasteiger charge is -2.29. The Labute approximate surface area is 165 Å². The van der Waals surface area contributed by atoms with Gasteiger partial charge in [0.05, 0.1) is 13.0 Å². The van der Waals surface area contributed by atoms with E-state index in [-0.39, 0.29) is 23.8 Å². The Morgan fingerprint density at radius 3 is 2.93 bits per heavy atom. The molecule has 27 heavy (non-hydrogen) atoms. The lowest BCUT2D eigenvalue weighted by atomic mass is 9.80. The number of hydrogen-bond donors (Lipinski definition) is 1. The lowest BCUT2D eigenvalue weighted by molar-refractivity contribution is -0.138. The summed E-state index contributed by atoms with van der Waals surface area (Å²) in [4.78, 5) is 27.3. The van der Waals surface area contributed by atoms with E-state index in [0.29, 0.717) is 24.0 Å². The molecule has 2 atom stereocenters. The molecule has 2 fully saturated rings. The maximum absolute atomic E-state index is 13.0. The number of ether oxygens (including phenoxy) is 1. The first-order valence-electron chi connectivity index (χ1n) is 9.97. The van der Waals surface area contributed by atoms with Gasteiger partial charge in [0.15, 0.2) is 0 Å². The first-order chi connectivity index (χ1) is 13.2. The number of nitrogens with one attached hydrogen (secondary N) is 1. The van der Waals surface area contributed by atoms with Gasteiger partial charge in [0.25, 0.3) is 0 Å². The van der Waals surface area contributed by atoms with E-state index in [1.54, 1.807) is 23.8 Å². The minimum Gasteiger partial charge on any atom is -0.497 e. The van der Waals surface area contributed by atoms with Gasteiger partial charge in [-0.05, 0) is 67.2 Å². The number of fused-ring (bicyclic) bond motifs is 1. The first-order valence-corrected chi connectivity index (χ1v) is 11.1.